The summed E-state index contributed by atoms with van der Waals surface area (Å²) in [4.78, 5) is 32.2. The van der Waals surface area contributed by atoms with E-state index in [4.69, 9.17) is 27.5 Å². The van der Waals surface area contributed by atoms with Gasteiger partial charge in [0.1, 0.15) is 24.0 Å². The van der Waals surface area contributed by atoms with E-state index < -0.39 is 0 Å². The van der Waals surface area contributed by atoms with E-state index in [1.807, 2.05) is 42.5 Å². The molecule has 1 aromatic heterocycles. The van der Waals surface area contributed by atoms with Gasteiger partial charge in [0.25, 0.3) is 11.8 Å². The van der Waals surface area contributed by atoms with E-state index in [2.05, 4.69) is 10.3 Å². The third-order valence-corrected chi connectivity index (χ3v) is 7.26. The number of carbonyl (C=O) groups excluding carboxylic acids is 2. The fraction of sp³-hybridized carbons (Fsp3) is 0.103. The number of anilines is 1. The summed E-state index contributed by atoms with van der Waals surface area (Å²) in [7, 11) is 0. The minimum absolute atomic E-state index is 0.0638. The summed E-state index contributed by atoms with van der Waals surface area (Å²) in [6.45, 7) is 0.757. The van der Waals surface area contributed by atoms with Crippen LogP contribution in [0.15, 0.2) is 89.9 Å². The molecule has 2 heterocycles. The van der Waals surface area contributed by atoms with Crippen molar-refractivity contribution in [3.8, 4) is 5.75 Å². The third-order valence-electron chi connectivity index (χ3n) is 6.03. The van der Waals surface area contributed by atoms with Gasteiger partial charge >= 0.3 is 0 Å². The number of hydrogen-bond donors (Lipinski definition) is 3. The van der Waals surface area contributed by atoms with E-state index in [0.717, 1.165) is 22.5 Å². The number of hydrogen-bond acceptors (Lipinski definition) is 6. The lowest BCUT2D eigenvalue weighted by atomic mass is 10.1. The molecule has 3 aromatic carbocycles. The molecule has 196 valence electrons. The molecule has 0 saturated heterocycles. The summed E-state index contributed by atoms with van der Waals surface area (Å²) in [5.41, 5.74) is 8.94. The molecule has 0 fully saturated rings. The van der Waals surface area contributed by atoms with Crippen LogP contribution in [0.1, 0.15) is 36.7 Å². The Morgan fingerprint density at radius 2 is 1.79 bits per heavy atom. The molecule has 4 aromatic rings. The fourth-order valence-corrected chi connectivity index (χ4v) is 5.07. The monoisotopic (exact) mass is 557 g/mol. The van der Waals surface area contributed by atoms with Gasteiger partial charge < -0.3 is 15.8 Å². The quantitative estimate of drug-likeness (QED) is 0.184. The minimum atomic E-state index is -0.366. The molecule has 2 amide bonds. The first kappa shape index (κ1) is 26.1. The first-order valence-corrected chi connectivity index (χ1v) is 13.2. The maximum atomic E-state index is 13.4. The Labute approximate surface area is 234 Å². The minimum Gasteiger partial charge on any atom is -0.486 e. The molecule has 0 spiro atoms. The smallest absolute Gasteiger partial charge is 0.265 e. The molecule has 0 saturated carbocycles. The van der Waals surface area contributed by atoms with Crippen LogP contribution in [0.3, 0.4) is 0 Å². The van der Waals surface area contributed by atoms with Crippen molar-refractivity contribution in [2.45, 2.75) is 13.1 Å². The van der Waals surface area contributed by atoms with E-state index in [0.29, 0.717) is 38.6 Å². The van der Waals surface area contributed by atoms with Gasteiger partial charge in [0.05, 0.1) is 33.6 Å². The molecule has 10 heteroatoms. The molecule has 1 aliphatic rings. The number of thiophene rings is 1. The Bertz CT molecular complexity index is 1580. The molecule has 4 N–H and O–H groups in total. The second-order valence-electron chi connectivity index (χ2n) is 8.76. The third kappa shape index (κ3) is 6.00. The van der Waals surface area contributed by atoms with Crippen LogP contribution in [0.4, 0.5) is 5.69 Å². The van der Waals surface area contributed by atoms with Crippen LogP contribution in [-0.4, -0.2) is 35.0 Å². The summed E-state index contributed by atoms with van der Waals surface area (Å²) in [5.74, 6) is 0.279. The van der Waals surface area contributed by atoms with Crippen LogP contribution in [0.5, 0.6) is 5.75 Å². The highest BCUT2D eigenvalue weighted by molar-refractivity contribution is 7.18. The summed E-state index contributed by atoms with van der Waals surface area (Å²) in [6, 6.07) is 25.4. The van der Waals surface area contributed by atoms with Gasteiger partial charge in [0, 0.05) is 5.56 Å². The zero-order valence-electron chi connectivity index (χ0n) is 20.7. The average molecular weight is 558 g/mol. The molecule has 39 heavy (non-hydrogen) atoms. The normalized spacial score (nSPS) is 12.9. The first-order valence-electron chi connectivity index (χ1n) is 12.0. The second kappa shape index (κ2) is 11.5. The lowest BCUT2D eigenvalue weighted by Crippen LogP contribution is -2.29. The number of amides is 2. The highest BCUT2D eigenvalue weighted by atomic mass is 35.5. The summed E-state index contributed by atoms with van der Waals surface area (Å²) in [5, 5.41) is 11.4. The lowest BCUT2D eigenvalue weighted by Gasteiger charge is -2.17. The number of rotatable bonds is 9. The molecule has 1 aliphatic heterocycles. The van der Waals surface area contributed by atoms with E-state index in [-0.39, 0.29) is 36.4 Å². The van der Waals surface area contributed by atoms with Gasteiger partial charge in [0.2, 0.25) is 0 Å². The predicted octanol–water partition coefficient (Wildman–Crippen LogP) is 5.57. The Balaban J connectivity index is 1.25. The molecule has 0 bridgehead atoms. The molecule has 5 rings (SSSR count). The molecular weight excluding hydrogens is 534 g/mol. The molecule has 8 nitrogen and oxygen atoms in total. The van der Waals surface area contributed by atoms with Crippen molar-refractivity contribution in [3.05, 3.63) is 116 Å². The van der Waals surface area contributed by atoms with Crippen molar-refractivity contribution >= 4 is 52.1 Å². The average Bonchev–Trinajstić information content (AvgIpc) is 3.49. The lowest BCUT2D eigenvalue weighted by molar-refractivity contribution is 0.0853. The van der Waals surface area contributed by atoms with Crippen molar-refractivity contribution in [1.82, 2.24) is 4.90 Å². The van der Waals surface area contributed by atoms with Gasteiger partial charge in [-0.2, -0.15) is 0 Å². The van der Waals surface area contributed by atoms with E-state index in [9.17, 15) is 9.59 Å². The van der Waals surface area contributed by atoms with Gasteiger partial charge in [-0.05, 0) is 41.5 Å². The number of ether oxygens (including phenoxy) is 1. The number of aliphatic imine (C=N–C) groups is 1. The molecule has 0 aliphatic carbocycles. The maximum absolute atomic E-state index is 13.4. The summed E-state index contributed by atoms with van der Waals surface area (Å²) < 4.78 is 6.31. The Morgan fingerprint density at radius 1 is 1.03 bits per heavy atom. The topological polar surface area (TPSA) is 121 Å². The number of nitrogens with two attached hydrogens (primary N) is 1. The maximum Gasteiger partial charge on any atom is 0.265 e. The van der Waals surface area contributed by atoms with Crippen molar-refractivity contribution < 1.29 is 14.3 Å². The number of amidine groups is 2. The molecule has 0 radical (unpaired) electrons. The number of benzene rings is 3. The van der Waals surface area contributed by atoms with E-state index in [1.54, 1.807) is 42.5 Å². The van der Waals surface area contributed by atoms with Gasteiger partial charge in [0.15, 0.2) is 0 Å². The Morgan fingerprint density at radius 3 is 2.56 bits per heavy atom. The fourth-order valence-electron chi connectivity index (χ4n) is 4.13. The second-order valence-corrected chi connectivity index (χ2v) is 10.5. The van der Waals surface area contributed by atoms with Crippen molar-refractivity contribution in [3.63, 3.8) is 0 Å². The van der Waals surface area contributed by atoms with Gasteiger partial charge in [-0.1, -0.05) is 66.2 Å². The Hall–Kier alpha value is -4.47. The number of halogens is 1. The van der Waals surface area contributed by atoms with Crippen molar-refractivity contribution in [2.24, 2.45) is 10.7 Å². The summed E-state index contributed by atoms with van der Waals surface area (Å²) >= 11 is 7.10. The molecular formula is C29H24ClN5O3S. The van der Waals surface area contributed by atoms with Crippen molar-refractivity contribution in [2.75, 3.05) is 11.9 Å². The zero-order valence-corrected chi connectivity index (χ0v) is 22.3. The largest absolute Gasteiger partial charge is 0.486 e. The highest BCUT2D eigenvalue weighted by Crippen LogP contribution is 2.32. The van der Waals surface area contributed by atoms with Crippen LogP contribution < -0.4 is 15.8 Å². The first-order chi connectivity index (χ1) is 18.9. The molecule has 0 atom stereocenters. The summed E-state index contributed by atoms with van der Waals surface area (Å²) in [6.07, 6.45) is 0. The predicted molar refractivity (Wildman–Crippen MR) is 154 cm³/mol. The van der Waals surface area contributed by atoms with Gasteiger partial charge in [-0.25, -0.2) is 0 Å². The number of nitrogens with one attached hydrogen (secondary N) is 2. The molecule has 0 unspecified atom stereocenters. The number of carbonyl (C=O) groups is 2. The van der Waals surface area contributed by atoms with E-state index in [1.165, 1.54) is 4.90 Å². The van der Waals surface area contributed by atoms with Crippen LogP contribution in [-0.2, 0) is 13.1 Å². The van der Waals surface area contributed by atoms with Crippen LogP contribution in [0, 0.1) is 5.41 Å². The Kier molecular flexibility index (Phi) is 7.72. The van der Waals surface area contributed by atoms with Crippen molar-refractivity contribution in [1.29, 1.82) is 5.41 Å². The van der Waals surface area contributed by atoms with Gasteiger partial charge in [-0.3, -0.25) is 24.9 Å². The SMILES string of the molecule is N=C1c2cccc(NC(=O)c3ccc(Cl)s3)c2C(=O)N1Cc1cccc(OCC(N)=NCc2ccccc2)c1. The standard InChI is InChI=1S/C29H24ClN5O3S/c30-24-13-12-23(39-24)28(36)34-22-11-5-10-21-26(22)29(37)35(27(21)32)16-19-8-4-9-20(14-19)38-17-25(31)33-15-18-6-2-1-3-7-18/h1-14,32H,15-17H2,(H2,31,33)(H,34,36). The highest BCUT2D eigenvalue weighted by Gasteiger charge is 2.35. The van der Waals surface area contributed by atoms with Crippen LogP contribution in [0.25, 0.3) is 0 Å². The zero-order chi connectivity index (χ0) is 27.4. The van der Waals surface area contributed by atoms with Gasteiger partial charge in [-0.15, -0.1) is 11.3 Å². The number of nitrogens with zero attached hydrogens (tertiary/aromatic N) is 2. The van der Waals surface area contributed by atoms with Crippen LogP contribution in [0.2, 0.25) is 4.34 Å². The number of fused-ring (bicyclic) bond motifs is 1. The van der Waals surface area contributed by atoms with E-state index >= 15 is 0 Å². The van der Waals surface area contributed by atoms with Crippen LogP contribution >= 0.6 is 22.9 Å².